The van der Waals surface area contributed by atoms with Crippen molar-refractivity contribution < 1.29 is 18.3 Å². The zero-order chi connectivity index (χ0) is 27.1. The number of piperidine rings is 1. The van der Waals surface area contributed by atoms with Crippen molar-refractivity contribution in [1.29, 1.82) is 0 Å². The Balaban J connectivity index is 1.20. The fraction of sp³-hybridized carbons (Fsp3) is 0.379. The molecule has 0 aliphatic carbocycles. The molecule has 1 fully saturated rings. The van der Waals surface area contributed by atoms with E-state index in [9.17, 15) is 9.18 Å². The molecular formula is C29H33ClF2N4O2. The topological polar surface area (TPSA) is 57.7 Å². The Bertz CT molecular complexity index is 1240. The molecule has 0 spiro atoms. The number of anilines is 1. The number of nitrogens with zero attached hydrogens (tertiary/aromatic N) is 3. The molecule has 1 aliphatic heterocycles. The van der Waals surface area contributed by atoms with Gasteiger partial charge in [-0.15, -0.1) is 0 Å². The first-order valence-electron chi connectivity index (χ1n) is 12.7. The van der Waals surface area contributed by atoms with Crippen LogP contribution in [0.25, 0.3) is 0 Å². The first-order chi connectivity index (χ1) is 18.2. The summed E-state index contributed by atoms with van der Waals surface area (Å²) in [5.41, 5.74) is 1.15. The van der Waals surface area contributed by atoms with Gasteiger partial charge in [-0.3, -0.25) is 4.79 Å². The molecule has 0 atom stereocenters. The molecule has 0 saturated carbocycles. The number of alkyl halides is 1. The largest absolute Gasteiger partial charge is 0.476 e. The third kappa shape index (κ3) is 7.20. The first kappa shape index (κ1) is 27.8. The maximum Gasteiger partial charge on any atom is 0.253 e. The van der Waals surface area contributed by atoms with E-state index in [-0.39, 0.29) is 43.4 Å². The summed E-state index contributed by atoms with van der Waals surface area (Å²) in [5, 5.41) is 3.03. The molecular weight excluding hydrogens is 510 g/mol. The lowest BCUT2D eigenvalue weighted by Gasteiger charge is -2.36. The van der Waals surface area contributed by atoms with Gasteiger partial charge in [-0.05, 0) is 36.2 Å². The number of aromatic nitrogens is 1. The minimum atomic E-state index is -1.41. The minimum absolute atomic E-state index is 0.101. The monoisotopic (exact) mass is 542 g/mol. The van der Waals surface area contributed by atoms with Crippen LogP contribution >= 0.6 is 11.6 Å². The smallest absolute Gasteiger partial charge is 0.253 e. The number of halogens is 3. The molecule has 9 heteroatoms. The number of carbonyl (C=O) groups is 1. The molecule has 202 valence electrons. The van der Waals surface area contributed by atoms with Crippen LogP contribution in [0.2, 0.25) is 5.02 Å². The summed E-state index contributed by atoms with van der Waals surface area (Å²) in [4.78, 5) is 21.0. The van der Waals surface area contributed by atoms with Gasteiger partial charge in [0.15, 0.2) is 0 Å². The summed E-state index contributed by atoms with van der Waals surface area (Å²) in [7, 11) is 2.00. The van der Waals surface area contributed by atoms with Gasteiger partial charge in [0.25, 0.3) is 5.91 Å². The number of benzene rings is 2. The SMILES string of the molecule is Cc1ccc(OCCNCC2(F)CCN(C(=O)c3ccc(F)c(Cl)c3)CC2)nc1N(C)Cc1ccccc1. The molecule has 4 rings (SSSR count). The number of rotatable bonds is 10. The van der Waals surface area contributed by atoms with Crippen molar-refractivity contribution >= 4 is 23.3 Å². The molecule has 1 amide bonds. The van der Waals surface area contributed by atoms with E-state index in [1.165, 1.54) is 23.8 Å². The summed E-state index contributed by atoms with van der Waals surface area (Å²) in [5.74, 6) is 0.532. The molecule has 0 radical (unpaired) electrons. The van der Waals surface area contributed by atoms with Crippen LogP contribution in [0.5, 0.6) is 5.88 Å². The van der Waals surface area contributed by atoms with Crippen LogP contribution in [0.15, 0.2) is 60.7 Å². The normalized spacial score (nSPS) is 14.8. The average molecular weight is 543 g/mol. The standard InChI is InChI=1S/C29H33ClF2N4O2/c1-21-8-11-26(34-27(21)35(2)19-22-6-4-3-5-7-22)38-17-14-33-20-29(32)12-15-36(16-13-29)28(37)23-9-10-25(31)24(30)18-23/h3-11,18,33H,12-17,19-20H2,1-2H3. The van der Waals surface area contributed by atoms with E-state index in [4.69, 9.17) is 16.3 Å². The fourth-order valence-electron chi connectivity index (χ4n) is 4.54. The summed E-state index contributed by atoms with van der Waals surface area (Å²) >= 11 is 5.79. The second-order valence-corrected chi connectivity index (χ2v) is 10.1. The van der Waals surface area contributed by atoms with Crippen LogP contribution in [-0.2, 0) is 6.54 Å². The van der Waals surface area contributed by atoms with Gasteiger partial charge in [-0.2, -0.15) is 4.98 Å². The van der Waals surface area contributed by atoms with Gasteiger partial charge in [0.2, 0.25) is 5.88 Å². The number of amides is 1. The van der Waals surface area contributed by atoms with Crippen LogP contribution in [-0.4, -0.2) is 61.3 Å². The molecule has 2 heterocycles. The Labute approximate surface area is 227 Å². The quantitative estimate of drug-likeness (QED) is 0.346. The third-order valence-electron chi connectivity index (χ3n) is 6.75. The highest BCUT2D eigenvalue weighted by molar-refractivity contribution is 6.31. The molecule has 38 heavy (non-hydrogen) atoms. The molecule has 3 aromatic rings. The van der Waals surface area contributed by atoms with Crippen molar-refractivity contribution in [2.24, 2.45) is 0 Å². The van der Waals surface area contributed by atoms with E-state index in [1.807, 2.05) is 44.3 Å². The van der Waals surface area contributed by atoms with Crippen molar-refractivity contribution in [2.45, 2.75) is 32.0 Å². The second-order valence-electron chi connectivity index (χ2n) is 9.73. The summed E-state index contributed by atoms with van der Waals surface area (Å²) in [6.45, 7) is 4.32. The summed E-state index contributed by atoms with van der Waals surface area (Å²) in [6, 6.07) is 17.9. The van der Waals surface area contributed by atoms with Gasteiger partial charge in [0, 0.05) is 64.2 Å². The number of likely N-dealkylation sites (tertiary alicyclic amines) is 1. The Morgan fingerprint density at radius 2 is 1.89 bits per heavy atom. The van der Waals surface area contributed by atoms with E-state index in [0.717, 1.165) is 17.9 Å². The zero-order valence-corrected chi connectivity index (χ0v) is 22.5. The highest BCUT2D eigenvalue weighted by Crippen LogP contribution is 2.27. The van der Waals surface area contributed by atoms with Crippen LogP contribution in [0.1, 0.15) is 34.3 Å². The Morgan fingerprint density at radius 1 is 1.16 bits per heavy atom. The Hall–Kier alpha value is -3.23. The molecule has 1 saturated heterocycles. The van der Waals surface area contributed by atoms with Crippen molar-refractivity contribution in [3.05, 3.63) is 88.2 Å². The van der Waals surface area contributed by atoms with Gasteiger partial charge in [-0.1, -0.05) is 48.0 Å². The molecule has 1 aliphatic rings. The predicted molar refractivity (Wildman–Crippen MR) is 146 cm³/mol. The van der Waals surface area contributed by atoms with Crippen molar-refractivity contribution in [2.75, 3.05) is 44.7 Å². The molecule has 0 bridgehead atoms. The lowest BCUT2D eigenvalue weighted by atomic mass is 9.93. The average Bonchev–Trinajstić information content (AvgIpc) is 2.91. The van der Waals surface area contributed by atoms with E-state index < -0.39 is 11.5 Å². The lowest BCUT2D eigenvalue weighted by molar-refractivity contribution is 0.0433. The number of aryl methyl sites for hydroxylation is 1. The van der Waals surface area contributed by atoms with Gasteiger partial charge < -0.3 is 19.9 Å². The Kier molecular flexibility index (Phi) is 9.17. The summed E-state index contributed by atoms with van der Waals surface area (Å²) < 4.78 is 34.5. The molecule has 2 aromatic carbocycles. The molecule has 1 aromatic heterocycles. The van der Waals surface area contributed by atoms with Crippen LogP contribution in [0, 0.1) is 12.7 Å². The van der Waals surface area contributed by atoms with Crippen LogP contribution in [0.4, 0.5) is 14.6 Å². The van der Waals surface area contributed by atoms with E-state index in [2.05, 4.69) is 27.3 Å². The van der Waals surface area contributed by atoms with Gasteiger partial charge >= 0.3 is 0 Å². The van der Waals surface area contributed by atoms with Crippen LogP contribution in [0.3, 0.4) is 0 Å². The van der Waals surface area contributed by atoms with Gasteiger partial charge in [-0.25, -0.2) is 8.78 Å². The summed E-state index contributed by atoms with van der Waals surface area (Å²) in [6.07, 6.45) is 0.441. The number of carbonyl (C=O) groups excluding carboxylic acids is 1. The first-order valence-corrected chi connectivity index (χ1v) is 13.1. The van der Waals surface area contributed by atoms with E-state index in [0.29, 0.717) is 24.6 Å². The van der Waals surface area contributed by atoms with Gasteiger partial charge in [0.05, 0.1) is 5.02 Å². The fourth-order valence-corrected chi connectivity index (χ4v) is 4.72. The zero-order valence-electron chi connectivity index (χ0n) is 21.7. The Morgan fingerprint density at radius 3 is 2.61 bits per heavy atom. The maximum absolute atomic E-state index is 15.3. The van der Waals surface area contributed by atoms with Crippen LogP contribution < -0.4 is 15.0 Å². The highest BCUT2D eigenvalue weighted by atomic mass is 35.5. The lowest BCUT2D eigenvalue weighted by Crippen LogP contribution is -2.49. The molecule has 0 unspecified atom stereocenters. The highest BCUT2D eigenvalue weighted by Gasteiger charge is 2.35. The third-order valence-corrected chi connectivity index (χ3v) is 7.04. The van der Waals surface area contributed by atoms with Crippen molar-refractivity contribution in [1.82, 2.24) is 15.2 Å². The number of hydrogen-bond donors (Lipinski definition) is 1. The minimum Gasteiger partial charge on any atom is -0.476 e. The number of hydrogen-bond acceptors (Lipinski definition) is 5. The van der Waals surface area contributed by atoms with Crippen molar-refractivity contribution in [3.8, 4) is 5.88 Å². The van der Waals surface area contributed by atoms with E-state index in [1.54, 1.807) is 4.90 Å². The van der Waals surface area contributed by atoms with Gasteiger partial charge in [0.1, 0.15) is 23.9 Å². The number of pyridine rings is 1. The second kappa shape index (κ2) is 12.5. The number of nitrogens with one attached hydrogen (secondary N) is 1. The molecule has 1 N–H and O–H groups in total. The maximum atomic E-state index is 15.3. The molecule has 6 nitrogen and oxygen atoms in total. The number of ether oxygens (including phenoxy) is 1. The van der Waals surface area contributed by atoms with E-state index >= 15 is 4.39 Å². The van der Waals surface area contributed by atoms with Crippen molar-refractivity contribution in [3.63, 3.8) is 0 Å². The predicted octanol–water partition coefficient (Wildman–Crippen LogP) is 5.43.